The van der Waals surface area contributed by atoms with Gasteiger partial charge in [0.05, 0.1) is 23.7 Å². The molecular formula is C16H13N3O2S. The molecule has 0 atom stereocenters. The highest BCUT2D eigenvalue weighted by Crippen LogP contribution is 2.29. The Bertz CT molecular complexity index is 925. The molecule has 0 fully saturated rings. The van der Waals surface area contributed by atoms with E-state index in [1.165, 1.54) is 12.1 Å². The summed E-state index contributed by atoms with van der Waals surface area (Å²) >= 11 is 0. The molecule has 5 nitrogen and oxygen atoms in total. The molecule has 1 N–H and O–H groups in total. The number of anilines is 1. The highest BCUT2D eigenvalue weighted by molar-refractivity contribution is 7.92. The predicted molar refractivity (Wildman–Crippen MR) is 85.9 cm³/mol. The van der Waals surface area contributed by atoms with E-state index in [4.69, 9.17) is 6.57 Å². The van der Waals surface area contributed by atoms with Gasteiger partial charge in [-0.15, -0.1) is 0 Å². The SMILES string of the molecule is [C-]#[N+]c1cccc(S(=O)(=O)Nc2cccc3c2CN=C3C)c1. The number of fused-ring (bicyclic) bond motifs is 1. The fourth-order valence-electron chi connectivity index (χ4n) is 2.40. The molecule has 0 aliphatic carbocycles. The summed E-state index contributed by atoms with van der Waals surface area (Å²) in [5, 5.41) is 0. The standard InChI is InChI=1S/C16H13N3O2S/c1-11-14-7-4-8-16(15(14)10-18-11)19-22(20,21)13-6-3-5-12(9-13)17-2/h3-9,19H,10H2,1H3. The minimum Gasteiger partial charge on any atom is -0.285 e. The van der Waals surface area contributed by atoms with Gasteiger partial charge in [0.2, 0.25) is 0 Å². The van der Waals surface area contributed by atoms with Crippen molar-refractivity contribution in [2.45, 2.75) is 18.4 Å². The third kappa shape index (κ3) is 2.47. The maximum absolute atomic E-state index is 12.5. The summed E-state index contributed by atoms with van der Waals surface area (Å²) < 4.78 is 27.6. The zero-order chi connectivity index (χ0) is 15.7. The van der Waals surface area contributed by atoms with E-state index < -0.39 is 10.0 Å². The third-order valence-corrected chi connectivity index (χ3v) is 4.90. The Morgan fingerprint density at radius 2 is 2.00 bits per heavy atom. The molecule has 0 saturated carbocycles. The Kier molecular flexibility index (Phi) is 3.43. The van der Waals surface area contributed by atoms with Crippen molar-refractivity contribution in [1.82, 2.24) is 0 Å². The van der Waals surface area contributed by atoms with E-state index in [0.29, 0.717) is 17.9 Å². The average Bonchev–Trinajstić information content (AvgIpc) is 2.90. The van der Waals surface area contributed by atoms with Gasteiger partial charge in [-0.05, 0) is 25.1 Å². The number of aliphatic imine (C=N–C) groups is 1. The Hall–Kier alpha value is -2.65. The van der Waals surface area contributed by atoms with Crippen LogP contribution in [0.25, 0.3) is 4.85 Å². The first-order valence-corrected chi connectivity index (χ1v) is 8.13. The van der Waals surface area contributed by atoms with E-state index in [0.717, 1.165) is 16.8 Å². The van der Waals surface area contributed by atoms with Gasteiger partial charge in [-0.25, -0.2) is 13.3 Å². The van der Waals surface area contributed by atoms with Gasteiger partial charge in [0.25, 0.3) is 10.0 Å². The van der Waals surface area contributed by atoms with Crippen LogP contribution < -0.4 is 4.72 Å². The van der Waals surface area contributed by atoms with Crippen LogP contribution in [0.1, 0.15) is 18.1 Å². The lowest BCUT2D eigenvalue weighted by Crippen LogP contribution is -2.14. The van der Waals surface area contributed by atoms with Gasteiger partial charge in [0.1, 0.15) is 0 Å². The zero-order valence-corrected chi connectivity index (χ0v) is 12.7. The van der Waals surface area contributed by atoms with Gasteiger partial charge < -0.3 is 0 Å². The van der Waals surface area contributed by atoms with Crippen molar-refractivity contribution in [2.75, 3.05) is 4.72 Å². The van der Waals surface area contributed by atoms with Crippen LogP contribution in [-0.2, 0) is 16.6 Å². The summed E-state index contributed by atoms with van der Waals surface area (Å²) in [6, 6.07) is 11.4. The van der Waals surface area contributed by atoms with Crippen molar-refractivity contribution < 1.29 is 8.42 Å². The van der Waals surface area contributed by atoms with E-state index in [2.05, 4.69) is 14.6 Å². The number of rotatable bonds is 3. The number of nitrogens with zero attached hydrogens (tertiary/aromatic N) is 2. The van der Waals surface area contributed by atoms with Gasteiger partial charge in [0, 0.05) is 16.8 Å². The maximum atomic E-state index is 12.5. The van der Waals surface area contributed by atoms with Crippen LogP contribution in [0.2, 0.25) is 0 Å². The lowest BCUT2D eigenvalue weighted by atomic mass is 10.1. The first-order chi connectivity index (χ1) is 10.5. The first-order valence-electron chi connectivity index (χ1n) is 6.65. The molecule has 6 heteroatoms. The van der Waals surface area contributed by atoms with Crippen LogP contribution in [-0.4, -0.2) is 14.1 Å². The van der Waals surface area contributed by atoms with Crippen molar-refractivity contribution >= 4 is 27.1 Å². The summed E-state index contributed by atoms with van der Waals surface area (Å²) in [7, 11) is -3.73. The molecule has 1 aliphatic rings. The molecule has 0 saturated heterocycles. The minimum absolute atomic E-state index is 0.0780. The molecule has 0 amide bonds. The largest absolute Gasteiger partial charge is 0.285 e. The maximum Gasteiger partial charge on any atom is 0.260 e. The Labute approximate surface area is 129 Å². The molecule has 2 aromatic carbocycles. The molecular weight excluding hydrogens is 298 g/mol. The Balaban J connectivity index is 1.98. The van der Waals surface area contributed by atoms with Crippen molar-refractivity contribution in [3.05, 3.63) is 65.0 Å². The van der Waals surface area contributed by atoms with Gasteiger partial charge in [-0.3, -0.25) is 9.71 Å². The monoisotopic (exact) mass is 311 g/mol. The number of hydrogen-bond donors (Lipinski definition) is 1. The van der Waals surface area contributed by atoms with Crippen LogP contribution in [0.15, 0.2) is 52.4 Å². The lowest BCUT2D eigenvalue weighted by molar-refractivity contribution is 0.601. The second-order valence-corrected chi connectivity index (χ2v) is 6.63. The second-order valence-electron chi connectivity index (χ2n) is 4.95. The molecule has 3 rings (SSSR count). The molecule has 0 spiro atoms. The smallest absolute Gasteiger partial charge is 0.260 e. The van der Waals surface area contributed by atoms with E-state index in [-0.39, 0.29) is 4.90 Å². The van der Waals surface area contributed by atoms with E-state index >= 15 is 0 Å². The van der Waals surface area contributed by atoms with Gasteiger partial charge in [-0.1, -0.05) is 24.3 Å². The molecule has 0 bridgehead atoms. The molecule has 22 heavy (non-hydrogen) atoms. The summed E-state index contributed by atoms with van der Waals surface area (Å²) in [6.07, 6.45) is 0. The summed E-state index contributed by atoms with van der Waals surface area (Å²) in [5.74, 6) is 0. The highest BCUT2D eigenvalue weighted by Gasteiger charge is 2.20. The Morgan fingerprint density at radius 1 is 1.23 bits per heavy atom. The zero-order valence-electron chi connectivity index (χ0n) is 11.9. The number of benzene rings is 2. The normalized spacial score (nSPS) is 13.2. The van der Waals surface area contributed by atoms with Crippen LogP contribution in [0.4, 0.5) is 11.4 Å². The van der Waals surface area contributed by atoms with Gasteiger partial charge >= 0.3 is 0 Å². The lowest BCUT2D eigenvalue weighted by Gasteiger charge is -2.12. The van der Waals surface area contributed by atoms with Gasteiger partial charge in [0.15, 0.2) is 5.69 Å². The van der Waals surface area contributed by atoms with Crippen molar-refractivity contribution in [1.29, 1.82) is 0 Å². The van der Waals surface area contributed by atoms with E-state index in [1.54, 1.807) is 24.3 Å². The van der Waals surface area contributed by atoms with Crippen LogP contribution >= 0.6 is 0 Å². The highest BCUT2D eigenvalue weighted by atomic mass is 32.2. The topological polar surface area (TPSA) is 62.9 Å². The van der Waals surface area contributed by atoms with Gasteiger partial charge in [-0.2, -0.15) is 0 Å². The number of nitrogens with one attached hydrogen (secondary N) is 1. The van der Waals surface area contributed by atoms with E-state index in [1.807, 2.05) is 13.0 Å². The molecule has 0 radical (unpaired) electrons. The fraction of sp³-hybridized carbons (Fsp3) is 0.125. The predicted octanol–water partition coefficient (Wildman–Crippen LogP) is 3.36. The van der Waals surface area contributed by atoms with Crippen molar-refractivity contribution in [3.63, 3.8) is 0 Å². The van der Waals surface area contributed by atoms with Crippen LogP contribution in [0, 0.1) is 6.57 Å². The summed E-state index contributed by atoms with van der Waals surface area (Å²) in [6.45, 7) is 9.36. The van der Waals surface area contributed by atoms with Crippen molar-refractivity contribution in [2.24, 2.45) is 4.99 Å². The quantitative estimate of drug-likeness (QED) is 0.883. The van der Waals surface area contributed by atoms with Crippen LogP contribution in [0.5, 0.6) is 0 Å². The fourth-order valence-corrected chi connectivity index (χ4v) is 3.53. The summed E-state index contributed by atoms with van der Waals surface area (Å²) in [5.41, 5.74) is 3.58. The van der Waals surface area contributed by atoms with Crippen LogP contribution in [0.3, 0.4) is 0 Å². The number of hydrogen-bond acceptors (Lipinski definition) is 3. The first kappa shape index (κ1) is 14.3. The van der Waals surface area contributed by atoms with E-state index in [9.17, 15) is 8.42 Å². The molecule has 2 aromatic rings. The second kappa shape index (κ2) is 5.28. The van der Waals surface area contributed by atoms with Crippen molar-refractivity contribution in [3.8, 4) is 0 Å². The number of sulfonamides is 1. The molecule has 0 aromatic heterocycles. The Morgan fingerprint density at radius 3 is 2.77 bits per heavy atom. The average molecular weight is 311 g/mol. The molecule has 1 aliphatic heterocycles. The third-order valence-electron chi connectivity index (χ3n) is 3.54. The minimum atomic E-state index is -3.73. The summed E-state index contributed by atoms with van der Waals surface area (Å²) in [4.78, 5) is 7.67. The molecule has 110 valence electrons. The molecule has 1 heterocycles. The molecule has 0 unspecified atom stereocenters.